The van der Waals surface area contributed by atoms with Gasteiger partial charge in [0.1, 0.15) is 17.9 Å². The van der Waals surface area contributed by atoms with E-state index in [9.17, 15) is 5.11 Å². The molecular weight excluding hydrogens is 358 g/mol. The lowest BCUT2D eigenvalue weighted by atomic mass is 9.73. The van der Waals surface area contributed by atoms with Gasteiger partial charge in [0, 0.05) is 17.0 Å². The number of aromatic hydroxyl groups is 1. The molecular formula is C25H21N3O. The van der Waals surface area contributed by atoms with Gasteiger partial charge in [-0.3, -0.25) is 4.90 Å². The second-order valence-corrected chi connectivity index (χ2v) is 7.81. The Morgan fingerprint density at radius 2 is 1.41 bits per heavy atom. The first-order valence-corrected chi connectivity index (χ1v) is 9.66. The van der Waals surface area contributed by atoms with Gasteiger partial charge in [0.2, 0.25) is 0 Å². The van der Waals surface area contributed by atoms with Gasteiger partial charge in [0.05, 0.1) is 17.1 Å². The van der Waals surface area contributed by atoms with Gasteiger partial charge in [-0.2, -0.15) is 0 Å². The molecule has 3 aromatic carbocycles. The first kappa shape index (κ1) is 17.4. The molecule has 142 valence electrons. The largest absolute Gasteiger partial charge is 0.508 e. The molecule has 1 aliphatic heterocycles. The third-order valence-electron chi connectivity index (χ3n) is 5.66. The maximum atomic E-state index is 9.86. The minimum atomic E-state index is -0.106. The van der Waals surface area contributed by atoms with Gasteiger partial charge in [0.25, 0.3) is 0 Å². The zero-order chi connectivity index (χ0) is 20.0. The van der Waals surface area contributed by atoms with Crippen LogP contribution in [-0.4, -0.2) is 15.1 Å². The van der Waals surface area contributed by atoms with E-state index < -0.39 is 0 Å². The number of hydrogen-bond acceptors (Lipinski definition) is 4. The summed E-state index contributed by atoms with van der Waals surface area (Å²) in [5.74, 6) is 1.02. The Morgan fingerprint density at radius 3 is 2.07 bits per heavy atom. The van der Waals surface area contributed by atoms with Crippen LogP contribution in [0.15, 0.2) is 85.2 Å². The van der Waals surface area contributed by atoms with Crippen LogP contribution in [0.3, 0.4) is 0 Å². The number of phenolic OH excluding ortho intramolecular Hbond substituents is 1. The van der Waals surface area contributed by atoms with E-state index in [4.69, 9.17) is 0 Å². The monoisotopic (exact) mass is 379 g/mol. The Labute approximate surface area is 170 Å². The van der Waals surface area contributed by atoms with Crippen LogP contribution in [0.2, 0.25) is 0 Å². The van der Waals surface area contributed by atoms with Crippen LogP contribution in [0.1, 0.15) is 25.0 Å². The Hall–Kier alpha value is -3.66. The molecule has 4 aromatic rings. The molecule has 5 rings (SSSR count). The van der Waals surface area contributed by atoms with Crippen molar-refractivity contribution in [3.63, 3.8) is 0 Å². The van der Waals surface area contributed by atoms with E-state index in [2.05, 4.69) is 77.2 Å². The van der Waals surface area contributed by atoms with E-state index in [1.807, 2.05) is 18.2 Å². The van der Waals surface area contributed by atoms with Crippen LogP contribution < -0.4 is 4.90 Å². The van der Waals surface area contributed by atoms with Crippen molar-refractivity contribution in [3.05, 3.63) is 96.3 Å². The van der Waals surface area contributed by atoms with Crippen molar-refractivity contribution in [2.75, 3.05) is 4.90 Å². The van der Waals surface area contributed by atoms with E-state index in [-0.39, 0.29) is 11.2 Å². The maximum absolute atomic E-state index is 9.86. The number of fused-ring (bicyclic) bond motifs is 2. The summed E-state index contributed by atoms with van der Waals surface area (Å²) in [6.45, 7) is 4.53. The summed E-state index contributed by atoms with van der Waals surface area (Å²) in [6.07, 6.45) is 1.58. The molecule has 0 amide bonds. The van der Waals surface area contributed by atoms with E-state index in [0.717, 1.165) is 28.5 Å². The smallest absolute Gasteiger partial charge is 0.141 e. The zero-order valence-electron chi connectivity index (χ0n) is 16.4. The highest BCUT2D eigenvalue weighted by Gasteiger charge is 2.36. The normalized spacial score (nSPS) is 14.2. The number of hydrogen-bond donors (Lipinski definition) is 1. The Balaban J connectivity index is 1.73. The first-order chi connectivity index (χ1) is 14.1. The number of aromatic nitrogens is 2. The third kappa shape index (κ3) is 2.76. The fourth-order valence-electron chi connectivity index (χ4n) is 4.21. The zero-order valence-corrected chi connectivity index (χ0v) is 16.4. The quantitative estimate of drug-likeness (QED) is 0.467. The van der Waals surface area contributed by atoms with Crippen molar-refractivity contribution in [1.82, 2.24) is 9.97 Å². The lowest BCUT2D eigenvalue weighted by molar-refractivity contribution is 0.475. The molecule has 0 saturated heterocycles. The second kappa shape index (κ2) is 6.45. The average Bonchev–Trinajstić information content (AvgIpc) is 2.74. The Bertz CT molecular complexity index is 1170. The van der Waals surface area contributed by atoms with Gasteiger partial charge in [-0.15, -0.1) is 0 Å². The topological polar surface area (TPSA) is 49.2 Å². The van der Waals surface area contributed by atoms with Crippen LogP contribution in [-0.2, 0) is 5.41 Å². The molecule has 1 aromatic heterocycles. The molecule has 0 unspecified atom stereocenters. The van der Waals surface area contributed by atoms with Crippen molar-refractivity contribution in [2.45, 2.75) is 19.3 Å². The molecule has 0 fully saturated rings. The molecule has 1 aliphatic rings. The third-order valence-corrected chi connectivity index (χ3v) is 5.66. The molecule has 29 heavy (non-hydrogen) atoms. The minimum absolute atomic E-state index is 0.106. The standard InChI is InChI=1S/C25H21N3O/c1-25(2)19-10-3-5-12-22(19)28(23-13-6-4-11-20(23)25)24-15-21(26-16-27-24)17-8-7-9-18(29)14-17/h3-16,29H,1-2H3. The molecule has 4 heteroatoms. The van der Waals surface area contributed by atoms with Gasteiger partial charge in [-0.05, 0) is 35.4 Å². The summed E-state index contributed by atoms with van der Waals surface area (Å²) in [6, 6.07) is 26.1. The molecule has 0 bridgehead atoms. The fourth-order valence-corrected chi connectivity index (χ4v) is 4.21. The van der Waals surface area contributed by atoms with Gasteiger partial charge in [0.15, 0.2) is 0 Å². The molecule has 1 N–H and O–H groups in total. The highest BCUT2D eigenvalue weighted by molar-refractivity contribution is 5.85. The van der Waals surface area contributed by atoms with Crippen molar-refractivity contribution >= 4 is 17.2 Å². The van der Waals surface area contributed by atoms with E-state index in [1.54, 1.807) is 18.5 Å². The Morgan fingerprint density at radius 1 is 0.759 bits per heavy atom. The van der Waals surface area contributed by atoms with Crippen LogP contribution in [0, 0.1) is 0 Å². The number of phenols is 1. The summed E-state index contributed by atoms with van der Waals surface area (Å²) >= 11 is 0. The van der Waals surface area contributed by atoms with E-state index in [1.165, 1.54) is 11.1 Å². The number of nitrogens with zero attached hydrogens (tertiary/aromatic N) is 3. The van der Waals surface area contributed by atoms with Crippen LogP contribution in [0.5, 0.6) is 5.75 Å². The molecule has 0 radical (unpaired) electrons. The summed E-state index contributed by atoms with van der Waals surface area (Å²) in [5.41, 5.74) is 6.28. The van der Waals surface area contributed by atoms with Crippen molar-refractivity contribution in [1.29, 1.82) is 0 Å². The lowest BCUT2D eigenvalue weighted by Crippen LogP contribution is -2.30. The lowest BCUT2D eigenvalue weighted by Gasteiger charge is -2.41. The minimum Gasteiger partial charge on any atom is -0.508 e. The highest BCUT2D eigenvalue weighted by atomic mass is 16.3. The van der Waals surface area contributed by atoms with Gasteiger partial charge < -0.3 is 5.11 Å². The maximum Gasteiger partial charge on any atom is 0.141 e. The van der Waals surface area contributed by atoms with Crippen molar-refractivity contribution in [2.24, 2.45) is 0 Å². The summed E-state index contributed by atoms with van der Waals surface area (Å²) < 4.78 is 0. The molecule has 0 aliphatic carbocycles. The summed E-state index contributed by atoms with van der Waals surface area (Å²) in [7, 11) is 0. The van der Waals surface area contributed by atoms with Crippen LogP contribution >= 0.6 is 0 Å². The second-order valence-electron chi connectivity index (χ2n) is 7.81. The van der Waals surface area contributed by atoms with Crippen LogP contribution in [0.25, 0.3) is 11.3 Å². The number of benzene rings is 3. The molecule has 4 nitrogen and oxygen atoms in total. The Kier molecular flexibility index (Phi) is 3.88. The van der Waals surface area contributed by atoms with Crippen LogP contribution in [0.4, 0.5) is 17.2 Å². The van der Waals surface area contributed by atoms with Gasteiger partial charge in [-0.1, -0.05) is 62.4 Å². The average molecular weight is 379 g/mol. The van der Waals surface area contributed by atoms with E-state index >= 15 is 0 Å². The highest BCUT2D eigenvalue weighted by Crippen LogP contribution is 2.51. The summed E-state index contributed by atoms with van der Waals surface area (Å²) in [5, 5.41) is 9.86. The SMILES string of the molecule is CC1(C)c2ccccc2N(c2cc(-c3cccc(O)c3)ncn2)c2ccccc21. The molecule has 0 spiro atoms. The van der Waals surface area contributed by atoms with Crippen molar-refractivity contribution < 1.29 is 5.11 Å². The fraction of sp³-hybridized carbons (Fsp3) is 0.120. The van der Waals surface area contributed by atoms with Gasteiger partial charge in [-0.25, -0.2) is 9.97 Å². The molecule has 0 atom stereocenters. The van der Waals surface area contributed by atoms with Crippen molar-refractivity contribution in [3.8, 4) is 17.0 Å². The predicted octanol–water partition coefficient (Wildman–Crippen LogP) is 5.96. The van der Waals surface area contributed by atoms with Gasteiger partial charge >= 0.3 is 0 Å². The molecule has 2 heterocycles. The van der Waals surface area contributed by atoms with E-state index in [0.29, 0.717) is 0 Å². The number of anilines is 3. The summed E-state index contributed by atoms with van der Waals surface area (Å²) in [4.78, 5) is 11.2. The number of para-hydroxylation sites is 2. The predicted molar refractivity (Wildman–Crippen MR) is 116 cm³/mol. The first-order valence-electron chi connectivity index (χ1n) is 9.66. The number of rotatable bonds is 2. The molecule has 0 saturated carbocycles.